The van der Waals surface area contributed by atoms with Crippen LogP contribution in [0.4, 0.5) is 0 Å². The van der Waals surface area contributed by atoms with Crippen LogP contribution in [-0.2, 0) is 4.79 Å². The molecule has 0 saturated heterocycles. The van der Waals surface area contributed by atoms with Crippen molar-refractivity contribution in [3.05, 3.63) is 28.6 Å². The van der Waals surface area contributed by atoms with Gasteiger partial charge in [-0.1, -0.05) is 57.9 Å². The normalized spacial score (nSPS) is 10.8. The van der Waals surface area contributed by atoms with Crippen LogP contribution in [0.15, 0.2) is 27.4 Å². The van der Waals surface area contributed by atoms with Gasteiger partial charge < -0.3 is 18.6 Å². The summed E-state index contributed by atoms with van der Waals surface area (Å²) in [6, 6.07) is 4.99. The predicted molar refractivity (Wildman–Crippen MR) is 108 cm³/mol. The first kappa shape index (κ1) is 21.8. The molecule has 1 aromatic heterocycles. The number of para-hydroxylation sites is 1. The number of hydrogen-bond acceptors (Lipinski definition) is 6. The third kappa shape index (κ3) is 6.01. The highest BCUT2D eigenvalue weighted by Gasteiger charge is 2.20. The summed E-state index contributed by atoms with van der Waals surface area (Å²) in [5, 5.41) is 0.520. The third-order valence-corrected chi connectivity index (χ3v) is 4.51. The van der Waals surface area contributed by atoms with Crippen LogP contribution in [0.2, 0.25) is 0 Å². The van der Waals surface area contributed by atoms with E-state index < -0.39 is 11.6 Å². The zero-order valence-electron chi connectivity index (χ0n) is 17.0. The fraction of sp³-hybridized carbons (Fsp3) is 0.545. The van der Waals surface area contributed by atoms with E-state index >= 15 is 0 Å². The molecule has 154 valence electrons. The topological polar surface area (TPSA) is 75.0 Å². The quantitative estimate of drug-likeness (QED) is 0.213. The second-order valence-electron chi connectivity index (χ2n) is 6.80. The number of rotatable bonds is 12. The van der Waals surface area contributed by atoms with E-state index in [1.807, 2.05) is 0 Å². The van der Waals surface area contributed by atoms with Crippen LogP contribution in [-0.4, -0.2) is 19.7 Å². The Morgan fingerprint density at radius 3 is 2.32 bits per heavy atom. The number of hydrogen-bond donors (Lipinski definition) is 0. The summed E-state index contributed by atoms with van der Waals surface area (Å²) in [7, 11) is 1.47. The van der Waals surface area contributed by atoms with E-state index in [2.05, 4.69) is 6.92 Å². The summed E-state index contributed by atoms with van der Waals surface area (Å²) >= 11 is 0. The first-order valence-electron chi connectivity index (χ1n) is 10.0. The molecule has 0 saturated carbocycles. The molecule has 1 heterocycles. The average Bonchev–Trinajstić information content (AvgIpc) is 2.67. The molecule has 0 aliphatic carbocycles. The van der Waals surface area contributed by atoms with Crippen molar-refractivity contribution in [2.24, 2.45) is 0 Å². The van der Waals surface area contributed by atoms with Crippen molar-refractivity contribution in [1.82, 2.24) is 0 Å². The molecule has 0 N–H and O–H groups in total. The smallest absolute Gasteiger partial charge is 0.383 e. The summed E-state index contributed by atoms with van der Waals surface area (Å²) in [4.78, 5) is 23.7. The molecule has 6 heteroatoms. The number of carbonyl (C=O) groups is 1. The van der Waals surface area contributed by atoms with Crippen LogP contribution in [0.1, 0.15) is 65.2 Å². The first-order chi connectivity index (χ1) is 13.6. The standard InChI is InChI=1S/C22H30O6/c1-4-5-6-7-8-9-10-11-15-26-21-20(25-3)17-13-12-14-18(27-16(2)23)19(17)28-22(21)24/h12-14H,4-11,15H2,1-3H3. The van der Waals surface area contributed by atoms with Gasteiger partial charge in [0.15, 0.2) is 17.1 Å². The fourth-order valence-corrected chi connectivity index (χ4v) is 3.13. The van der Waals surface area contributed by atoms with E-state index in [0.29, 0.717) is 17.7 Å². The molecule has 28 heavy (non-hydrogen) atoms. The molecular weight excluding hydrogens is 360 g/mol. The number of benzene rings is 1. The van der Waals surface area contributed by atoms with Crippen LogP contribution in [0.5, 0.6) is 17.2 Å². The summed E-state index contributed by atoms with van der Waals surface area (Å²) < 4.78 is 21.6. The Bertz CT molecular complexity index is 824. The molecule has 0 aliphatic rings. The van der Waals surface area contributed by atoms with Gasteiger partial charge in [-0.25, -0.2) is 4.79 Å². The molecule has 0 unspecified atom stereocenters. The van der Waals surface area contributed by atoms with Crippen LogP contribution < -0.4 is 19.8 Å². The van der Waals surface area contributed by atoms with Crippen molar-refractivity contribution in [1.29, 1.82) is 0 Å². The Morgan fingerprint density at radius 2 is 1.68 bits per heavy atom. The van der Waals surface area contributed by atoms with Gasteiger partial charge >= 0.3 is 11.6 Å². The average molecular weight is 390 g/mol. The summed E-state index contributed by atoms with van der Waals surface area (Å²) in [6.45, 7) is 3.92. The van der Waals surface area contributed by atoms with Gasteiger partial charge in [-0.2, -0.15) is 0 Å². The molecule has 0 fully saturated rings. The second-order valence-corrected chi connectivity index (χ2v) is 6.80. The lowest BCUT2D eigenvalue weighted by atomic mass is 10.1. The maximum atomic E-state index is 12.4. The zero-order valence-corrected chi connectivity index (χ0v) is 17.0. The molecule has 6 nitrogen and oxygen atoms in total. The Morgan fingerprint density at radius 1 is 1.00 bits per heavy atom. The Labute approximate surface area is 165 Å². The van der Waals surface area contributed by atoms with Crippen molar-refractivity contribution >= 4 is 16.9 Å². The molecule has 2 aromatic rings. The highest BCUT2D eigenvalue weighted by molar-refractivity contribution is 5.91. The highest BCUT2D eigenvalue weighted by Crippen LogP contribution is 2.36. The maximum absolute atomic E-state index is 12.4. The van der Waals surface area contributed by atoms with Crippen molar-refractivity contribution in [2.75, 3.05) is 13.7 Å². The first-order valence-corrected chi connectivity index (χ1v) is 10.0. The Balaban J connectivity index is 2.02. The molecule has 0 atom stereocenters. The van der Waals surface area contributed by atoms with Gasteiger partial charge in [-0.15, -0.1) is 0 Å². The number of unbranched alkanes of at least 4 members (excludes halogenated alkanes) is 7. The molecule has 0 radical (unpaired) electrons. The number of ether oxygens (including phenoxy) is 3. The lowest BCUT2D eigenvalue weighted by molar-refractivity contribution is -0.131. The van der Waals surface area contributed by atoms with E-state index in [-0.39, 0.29) is 17.1 Å². The van der Waals surface area contributed by atoms with Crippen LogP contribution in [0.25, 0.3) is 11.0 Å². The lowest BCUT2D eigenvalue weighted by Crippen LogP contribution is -2.11. The Kier molecular flexibility index (Phi) is 8.85. The fourth-order valence-electron chi connectivity index (χ4n) is 3.13. The SMILES string of the molecule is CCCCCCCCCCOc1c(OC)c2cccc(OC(C)=O)c2oc1=O. The van der Waals surface area contributed by atoms with Gasteiger partial charge in [0, 0.05) is 6.92 Å². The third-order valence-electron chi connectivity index (χ3n) is 4.51. The van der Waals surface area contributed by atoms with Gasteiger partial charge in [0.25, 0.3) is 0 Å². The van der Waals surface area contributed by atoms with Crippen molar-refractivity contribution in [3.63, 3.8) is 0 Å². The molecular formula is C22H30O6. The summed E-state index contributed by atoms with van der Waals surface area (Å²) in [5.41, 5.74) is -0.484. The molecule has 0 aliphatic heterocycles. The van der Waals surface area contributed by atoms with Crippen molar-refractivity contribution in [2.45, 2.75) is 65.2 Å². The van der Waals surface area contributed by atoms with Gasteiger partial charge in [0.1, 0.15) is 0 Å². The van der Waals surface area contributed by atoms with Crippen LogP contribution in [0, 0.1) is 0 Å². The number of carbonyl (C=O) groups excluding carboxylic acids is 1. The van der Waals surface area contributed by atoms with E-state index in [4.69, 9.17) is 18.6 Å². The van der Waals surface area contributed by atoms with Gasteiger partial charge in [-0.05, 0) is 18.6 Å². The summed E-state index contributed by atoms with van der Waals surface area (Å²) in [5.74, 6) is 0.0249. The van der Waals surface area contributed by atoms with E-state index in [9.17, 15) is 9.59 Å². The largest absolute Gasteiger partial charge is 0.492 e. The molecule has 0 amide bonds. The van der Waals surface area contributed by atoms with Crippen LogP contribution in [0.3, 0.4) is 0 Å². The number of esters is 1. The lowest BCUT2D eigenvalue weighted by Gasteiger charge is -2.12. The maximum Gasteiger partial charge on any atom is 0.383 e. The molecule has 2 rings (SSSR count). The number of methoxy groups -OCH3 is 1. The minimum Gasteiger partial charge on any atom is -0.492 e. The Hall–Kier alpha value is -2.50. The second kappa shape index (κ2) is 11.4. The van der Waals surface area contributed by atoms with E-state index in [1.165, 1.54) is 52.6 Å². The van der Waals surface area contributed by atoms with Gasteiger partial charge in [-0.3, -0.25) is 4.79 Å². The van der Waals surface area contributed by atoms with Crippen molar-refractivity contribution in [3.8, 4) is 17.2 Å². The predicted octanol–water partition coefficient (Wildman–Crippen LogP) is 5.25. The van der Waals surface area contributed by atoms with Crippen molar-refractivity contribution < 1.29 is 23.4 Å². The van der Waals surface area contributed by atoms with Gasteiger partial charge in [0.05, 0.1) is 19.1 Å². The minimum absolute atomic E-state index is 0.0536. The molecule has 0 bridgehead atoms. The monoisotopic (exact) mass is 390 g/mol. The highest BCUT2D eigenvalue weighted by atomic mass is 16.5. The van der Waals surface area contributed by atoms with Crippen LogP contribution >= 0.6 is 0 Å². The zero-order chi connectivity index (χ0) is 20.4. The van der Waals surface area contributed by atoms with E-state index in [0.717, 1.165) is 12.8 Å². The molecule has 0 spiro atoms. The molecule has 1 aromatic carbocycles. The van der Waals surface area contributed by atoms with Gasteiger partial charge in [0.2, 0.25) is 5.75 Å². The summed E-state index contributed by atoms with van der Waals surface area (Å²) in [6.07, 6.45) is 9.47. The minimum atomic E-state index is -0.650. The van der Waals surface area contributed by atoms with E-state index in [1.54, 1.807) is 18.2 Å². The number of fused-ring (bicyclic) bond motifs is 1.